The van der Waals surface area contributed by atoms with Crippen LogP contribution in [-0.2, 0) is 20.9 Å². The van der Waals surface area contributed by atoms with E-state index in [0.717, 1.165) is 30.8 Å². The van der Waals surface area contributed by atoms with E-state index in [-0.39, 0.29) is 17.3 Å². The number of alkyl halides is 3. The van der Waals surface area contributed by atoms with Gasteiger partial charge in [-0.15, -0.1) is 0 Å². The number of benzene rings is 1. The second-order valence-corrected chi connectivity index (χ2v) is 8.52. The standard InChI is InChI=1S/C22H26N2O4.C2HF3O2/c1-16-4-2-6-19(23-16)13-27-10-8-18-9-11-28-22(18)14-24(15-22)21(26)17-5-3-7-20(25)12-17;3-2(4,5)1(6)7/h2-7,12,18,25H,8-11,13-15H2,1H3;(H,6,7). The fraction of sp³-hybridized carbons (Fsp3) is 0.458. The van der Waals surface area contributed by atoms with E-state index in [4.69, 9.17) is 19.4 Å². The molecule has 1 atom stereocenters. The van der Waals surface area contributed by atoms with Crippen LogP contribution in [0.15, 0.2) is 42.5 Å². The van der Waals surface area contributed by atoms with Crippen LogP contribution >= 0.6 is 0 Å². The summed E-state index contributed by atoms with van der Waals surface area (Å²) in [4.78, 5) is 27.7. The molecule has 4 rings (SSSR count). The minimum atomic E-state index is -5.08. The van der Waals surface area contributed by atoms with Gasteiger partial charge in [0.1, 0.15) is 11.4 Å². The summed E-state index contributed by atoms with van der Waals surface area (Å²) in [7, 11) is 0. The Hall–Kier alpha value is -3.18. The minimum absolute atomic E-state index is 0.0578. The van der Waals surface area contributed by atoms with Gasteiger partial charge in [0.2, 0.25) is 0 Å². The Balaban J connectivity index is 0.000000429. The van der Waals surface area contributed by atoms with E-state index in [1.165, 1.54) is 6.07 Å². The zero-order valence-electron chi connectivity index (χ0n) is 19.1. The summed E-state index contributed by atoms with van der Waals surface area (Å²) in [5, 5.41) is 16.7. The maximum absolute atomic E-state index is 12.6. The number of pyridine rings is 1. The van der Waals surface area contributed by atoms with Crippen molar-refractivity contribution in [2.75, 3.05) is 26.3 Å². The molecule has 1 amide bonds. The molecule has 3 heterocycles. The van der Waals surface area contributed by atoms with Crippen LogP contribution in [0.4, 0.5) is 13.2 Å². The number of carboxylic acids is 1. The van der Waals surface area contributed by atoms with Gasteiger partial charge in [0, 0.05) is 24.5 Å². The summed E-state index contributed by atoms with van der Waals surface area (Å²) < 4.78 is 43.6. The van der Waals surface area contributed by atoms with E-state index in [2.05, 4.69) is 4.98 Å². The zero-order valence-corrected chi connectivity index (χ0v) is 19.1. The molecular formula is C24H27F3N2O6. The molecule has 35 heavy (non-hydrogen) atoms. The van der Waals surface area contributed by atoms with E-state index < -0.39 is 12.1 Å². The number of phenols is 1. The number of phenolic OH excluding ortho intramolecular Hbond substituents is 1. The molecule has 2 aromatic rings. The molecule has 0 bridgehead atoms. The Morgan fingerprint density at radius 2 is 1.91 bits per heavy atom. The highest BCUT2D eigenvalue weighted by Crippen LogP contribution is 2.42. The lowest BCUT2D eigenvalue weighted by atomic mass is 9.79. The van der Waals surface area contributed by atoms with Crippen LogP contribution in [0.5, 0.6) is 5.75 Å². The predicted molar refractivity (Wildman–Crippen MR) is 118 cm³/mol. The number of aryl methyl sites for hydroxylation is 1. The van der Waals surface area contributed by atoms with Gasteiger partial charge < -0.3 is 24.6 Å². The first kappa shape index (κ1) is 26.4. The summed E-state index contributed by atoms with van der Waals surface area (Å²) in [6, 6.07) is 12.4. The molecule has 0 aliphatic carbocycles. The van der Waals surface area contributed by atoms with Crippen LogP contribution in [0.1, 0.15) is 34.6 Å². The van der Waals surface area contributed by atoms with Crippen LogP contribution in [0, 0.1) is 12.8 Å². The maximum atomic E-state index is 12.6. The predicted octanol–water partition coefficient (Wildman–Crippen LogP) is 3.57. The molecule has 11 heteroatoms. The zero-order chi connectivity index (χ0) is 25.6. The van der Waals surface area contributed by atoms with Gasteiger partial charge in [0.05, 0.1) is 25.4 Å². The second-order valence-electron chi connectivity index (χ2n) is 8.52. The van der Waals surface area contributed by atoms with Crippen LogP contribution in [0.3, 0.4) is 0 Å². The monoisotopic (exact) mass is 496 g/mol. The average molecular weight is 496 g/mol. The van der Waals surface area contributed by atoms with Crippen molar-refractivity contribution < 1.29 is 42.4 Å². The third kappa shape index (κ3) is 6.92. The first-order chi connectivity index (χ1) is 16.5. The van der Waals surface area contributed by atoms with E-state index in [0.29, 0.717) is 37.8 Å². The lowest BCUT2D eigenvalue weighted by Crippen LogP contribution is -2.66. The first-order valence-corrected chi connectivity index (χ1v) is 11.0. The number of hydrogen-bond donors (Lipinski definition) is 2. The van der Waals surface area contributed by atoms with Crippen molar-refractivity contribution >= 4 is 11.9 Å². The topological polar surface area (TPSA) is 109 Å². The van der Waals surface area contributed by atoms with Gasteiger partial charge in [-0.05, 0) is 56.0 Å². The molecule has 2 N–H and O–H groups in total. The smallest absolute Gasteiger partial charge is 0.490 e. The van der Waals surface area contributed by atoms with Crippen molar-refractivity contribution in [1.29, 1.82) is 0 Å². The normalized spacial score (nSPS) is 18.5. The molecule has 2 fully saturated rings. The summed E-state index contributed by atoms with van der Waals surface area (Å²) in [6.45, 7) is 5.09. The van der Waals surface area contributed by atoms with Gasteiger partial charge in [0.15, 0.2) is 0 Å². The number of carbonyl (C=O) groups is 2. The van der Waals surface area contributed by atoms with Crippen molar-refractivity contribution in [1.82, 2.24) is 9.88 Å². The SMILES string of the molecule is Cc1cccc(COCCC2CCOC23CN(C(=O)c2cccc(O)c2)C3)n1.O=C(O)C(F)(F)F. The first-order valence-electron chi connectivity index (χ1n) is 11.0. The summed E-state index contributed by atoms with van der Waals surface area (Å²) in [6.07, 6.45) is -3.17. The largest absolute Gasteiger partial charge is 0.508 e. The summed E-state index contributed by atoms with van der Waals surface area (Å²) in [5.74, 6) is -2.31. The maximum Gasteiger partial charge on any atom is 0.490 e. The number of aromatic nitrogens is 1. The number of rotatable bonds is 6. The third-order valence-electron chi connectivity index (χ3n) is 5.95. The molecule has 1 unspecified atom stereocenters. The van der Waals surface area contributed by atoms with Crippen LogP contribution < -0.4 is 0 Å². The number of ether oxygens (including phenoxy) is 2. The third-order valence-corrected chi connectivity index (χ3v) is 5.95. The summed E-state index contributed by atoms with van der Waals surface area (Å²) in [5.41, 5.74) is 2.22. The van der Waals surface area contributed by atoms with Crippen molar-refractivity contribution in [2.24, 2.45) is 5.92 Å². The molecule has 190 valence electrons. The van der Waals surface area contributed by atoms with Crippen LogP contribution in [0.2, 0.25) is 0 Å². The average Bonchev–Trinajstić information content (AvgIpc) is 3.19. The molecule has 0 radical (unpaired) electrons. The highest BCUT2D eigenvalue weighted by molar-refractivity contribution is 5.95. The van der Waals surface area contributed by atoms with E-state index >= 15 is 0 Å². The molecule has 1 spiro atoms. The molecule has 1 aromatic heterocycles. The lowest BCUT2D eigenvalue weighted by Gasteiger charge is -2.50. The quantitative estimate of drug-likeness (QED) is 0.589. The van der Waals surface area contributed by atoms with Gasteiger partial charge in [-0.3, -0.25) is 9.78 Å². The van der Waals surface area contributed by atoms with Crippen molar-refractivity contribution in [3.8, 4) is 5.75 Å². The molecule has 0 saturated carbocycles. The number of carbonyl (C=O) groups excluding carboxylic acids is 1. The molecule has 1 aromatic carbocycles. The van der Waals surface area contributed by atoms with Gasteiger partial charge in [-0.25, -0.2) is 4.79 Å². The Labute approximate surface area is 200 Å². The van der Waals surface area contributed by atoms with Crippen molar-refractivity contribution in [3.63, 3.8) is 0 Å². The highest BCUT2D eigenvalue weighted by Gasteiger charge is 2.54. The summed E-state index contributed by atoms with van der Waals surface area (Å²) >= 11 is 0. The molecule has 2 aliphatic rings. The van der Waals surface area contributed by atoms with Crippen LogP contribution in [-0.4, -0.2) is 70.1 Å². The highest BCUT2D eigenvalue weighted by atomic mass is 19.4. The molecule has 8 nitrogen and oxygen atoms in total. The fourth-order valence-corrected chi connectivity index (χ4v) is 4.19. The molecule has 2 saturated heterocycles. The Kier molecular flexibility index (Phi) is 8.34. The number of aromatic hydroxyl groups is 1. The van der Waals surface area contributed by atoms with Gasteiger partial charge in [-0.2, -0.15) is 13.2 Å². The molecular weight excluding hydrogens is 469 g/mol. The Bertz CT molecular complexity index is 1040. The van der Waals surface area contributed by atoms with Gasteiger partial charge in [-0.1, -0.05) is 12.1 Å². The number of halogens is 3. The van der Waals surface area contributed by atoms with Gasteiger partial charge >= 0.3 is 12.1 Å². The second kappa shape index (κ2) is 11.0. The van der Waals surface area contributed by atoms with E-state index in [1.807, 2.05) is 25.1 Å². The van der Waals surface area contributed by atoms with Gasteiger partial charge in [0.25, 0.3) is 5.91 Å². The van der Waals surface area contributed by atoms with E-state index in [1.54, 1.807) is 23.1 Å². The van der Waals surface area contributed by atoms with Crippen molar-refractivity contribution in [2.45, 2.75) is 38.1 Å². The molecule has 2 aliphatic heterocycles. The van der Waals surface area contributed by atoms with Crippen molar-refractivity contribution in [3.05, 3.63) is 59.4 Å². The number of nitrogens with zero attached hydrogens (tertiary/aromatic N) is 2. The lowest BCUT2D eigenvalue weighted by molar-refractivity contribution is -0.192. The van der Waals surface area contributed by atoms with Crippen LogP contribution in [0.25, 0.3) is 0 Å². The number of amides is 1. The number of hydrogen-bond acceptors (Lipinski definition) is 6. The fourth-order valence-electron chi connectivity index (χ4n) is 4.19. The number of carboxylic acid groups (broad SMARTS) is 1. The Morgan fingerprint density at radius 1 is 1.23 bits per heavy atom. The minimum Gasteiger partial charge on any atom is -0.508 e. The Morgan fingerprint density at radius 3 is 2.54 bits per heavy atom. The number of aliphatic carboxylic acids is 1. The van der Waals surface area contributed by atoms with E-state index in [9.17, 15) is 23.1 Å². The number of likely N-dealkylation sites (tertiary alicyclic amines) is 1.